The first-order valence-electron chi connectivity index (χ1n) is 5.52. The van der Waals surface area contributed by atoms with Gasteiger partial charge in [0.05, 0.1) is 16.7 Å². The summed E-state index contributed by atoms with van der Waals surface area (Å²) in [6, 6.07) is -0.193. The van der Waals surface area contributed by atoms with Crippen molar-refractivity contribution in [3.8, 4) is 10.8 Å². The van der Waals surface area contributed by atoms with E-state index in [4.69, 9.17) is 10.3 Å². The highest BCUT2D eigenvalue weighted by molar-refractivity contribution is 7.15. The van der Waals surface area contributed by atoms with E-state index in [0.717, 1.165) is 15.6 Å². The van der Waals surface area contributed by atoms with Crippen LogP contribution in [0.5, 0.6) is 0 Å². The molecule has 1 unspecified atom stereocenters. The zero-order chi connectivity index (χ0) is 12.6. The first kappa shape index (κ1) is 12.2. The maximum absolute atomic E-state index is 5.98. The van der Waals surface area contributed by atoms with Crippen molar-refractivity contribution in [1.82, 2.24) is 15.1 Å². The Morgan fingerprint density at radius 3 is 2.47 bits per heavy atom. The van der Waals surface area contributed by atoms with Crippen LogP contribution in [0.2, 0.25) is 0 Å². The fraction of sp³-hybridized carbons (Fsp3) is 0.545. The van der Waals surface area contributed by atoms with Crippen LogP contribution in [0.25, 0.3) is 10.8 Å². The van der Waals surface area contributed by atoms with Crippen molar-refractivity contribution < 1.29 is 4.52 Å². The molecular formula is C11H16N4OS. The van der Waals surface area contributed by atoms with Crippen LogP contribution in [0.3, 0.4) is 0 Å². The highest BCUT2D eigenvalue weighted by atomic mass is 32.1. The summed E-state index contributed by atoms with van der Waals surface area (Å²) in [5, 5.41) is 4.92. The first-order chi connectivity index (χ1) is 7.99. The molecule has 2 heterocycles. The molecule has 5 nitrogen and oxygen atoms in total. The second-order valence-electron chi connectivity index (χ2n) is 4.37. The van der Waals surface area contributed by atoms with Crippen LogP contribution in [0.1, 0.15) is 36.4 Å². The second-order valence-corrected chi connectivity index (χ2v) is 5.58. The van der Waals surface area contributed by atoms with Crippen LogP contribution >= 0.6 is 11.3 Å². The molecule has 0 spiro atoms. The first-order valence-corrected chi connectivity index (χ1v) is 6.34. The number of hydrogen-bond acceptors (Lipinski definition) is 6. The van der Waals surface area contributed by atoms with Crippen LogP contribution in [0.15, 0.2) is 4.52 Å². The molecule has 0 bridgehead atoms. The highest BCUT2D eigenvalue weighted by Gasteiger charge is 2.20. The van der Waals surface area contributed by atoms with Crippen LogP contribution in [0, 0.1) is 19.8 Å². The topological polar surface area (TPSA) is 77.8 Å². The average Bonchev–Trinajstić information content (AvgIpc) is 2.83. The van der Waals surface area contributed by atoms with Gasteiger partial charge in [-0.2, -0.15) is 4.98 Å². The third-order valence-corrected chi connectivity index (χ3v) is 3.62. The molecule has 2 N–H and O–H groups in total. The molecule has 0 aliphatic carbocycles. The number of hydrogen-bond donors (Lipinski definition) is 1. The molecule has 0 fully saturated rings. The smallest absolute Gasteiger partial charge is 0.269 e. The Kier molecular flexibility index (Phi) is 3.26. The third-order valence-electron chi connectivity index (χ3n) is 2.56. The Balaban J connectivity index is 2.33. The molecule has 0 aliphatic heterocycles. The van der Waals surface area contributed by atoms with Gasteiger partial charge in [-0.15, -0.1) is 11.3 Å². The molecule has 92 valence electrons. The minimum absolute atomic E-state index is 0.193. The van der Waals surface area contributed by atoms with Gasteiger partial charge in [-0.1, -0.05) is 19.0 Å². The fourth-order valence-corrected chi connectivity index (χ4v) is 2.33. The molecule has 2 aromatic heterocycles. The molecule has 6 heteroatoms. The molecule has 2 rings (SSSR count). The summed E-state index contributed by atoms with van der Waals surface area (Å²) < 4.78 is 5.25. The molecule has 0 radical (unpaired) electrons. The zero-order valence-corrected chi connectivity index (χ0v) is 11.2. The van der Waals surface area contributed by atoms with E-state index in [0.29, 0.717) is 11.7 Å². The lowest BCUT2D eigenvalue weighted by Gasteiger charge is -2.09. The van der Waals surface area contributed by atoms with Gasteiger partial charge in [-0.05, 0) is 19.8 Å². The van der Waals surface area contributed by atoms with E-state index in [9.17, 15) is 0 Å². The second kappa shape index (κ2) is 4.54. The molecule has 0 saturated carbocycles. The van der Waals surface area contributed by atoms with E-state index in [2.05, 4.69) is 15.1 Å². The van der Waals surface area contributed by atoms with Gasteiger partial charge < -0.3 is 10.3 Å². The Labute approximate surface area is 104 Å². The number of aryl methyl sites for hydroxylation is 2. The summed E-state index contributed by atoms with van der Waals surface area (Å²) in [6.45, 7) is 7.95. The quantitative estimate of drug-likeness (QED) is 0.907. The molecule has 0 aromatic carbocycles. The van der Waals surface area contributed by atoms with Crippen molar-refractivity contribution in [2.45, 2.75) is 33.7 Å². The van der Waals surface area contributed by atoms with E-state index in [1.54, 1.807) is 11.3 Å². The molecule has 2 aromatic rings. The van der Waals surface area contributed by atoms with Crippen molar-refractivity contribution in [3.63, 3.8) is 0 Å². The van der Waals surface area contributed by atoms with Gasteiger partial charge in [0.25, 0.3) is 5.89 Å². The summed E-state index contributed by atoms with van der Waals surface area (Å²) in [5.41, 5.74) is 6.89. The van der Waals surface area contributed by atoms with E-state index >= 15 is 0 Å². The van der Waals surface area contributed by atoms with Crippen molar-refractivity contribution in [1.29, 1.82) is 0 Å². The van der Waals surface area contributed by atoms with Gasteiger partial charge >= 0.3 is 0 Å². The van der Waals surface area contributed by atoms with Gasteiger partial charge in [0.15, 0.2) is 5.82 Å². The molecule has 0 aliphatic rings. The summed E-state index contributed by atoms with van der Waals surface area (Å²) in [5.74, 6) is 1.35. The minimum Gasteiger partial charge on any atom is -0.333 e. The van der Waals surface area contributed by atoms with E-state index < -0.39 is 0 Å². The number of thiazole rings is 1. The predicted molar refractivity (Wildman–Crippen MR) is 66.6 cm³/mol. The fourth-order valence-electron chi connectivity index (χ4n) is 1.49. The van der Waals surface area contributed by atoms with Gasteiger partial charge in [0, 0.05) is 0 Å². The normalized spacial score (nSPS) is 13.3. The Morgan fingerprint density at radius 2 is 1.94 bits per heavy atom. The standard InChI is InChI=1S/C11H16N4OS/c1-5(2)8(12)10-14-11(16-15-10)9-6(3)13-7(4)17-9/h5,8H,12H2,1-4H3. The van der Waals surface area contributed by atoms with Gasteiger partial charge in [-0.25, -0.2) is 4.98 Å². The van der Waals surface area contributed by atoms with Gasteiger partial charge in [0.2, 0.25) is 0 Å². The summed E-state index contributed by atoms with van der Waals surface area (Å²) >= 11 is 1.55. The molecule has 1 atom stereocenters. The maximum Gasteiger partial charge on any atom is 0.269 e. The lowest BCUT2D eigenvalue weighted by Crippen LogP contribution is -2.18. The SMILES string of the molecule is Cc1nc(C)c(-c2nc(C(N)C(C)C)no2)s1. The Morgan fingerprint density at radius 1 is 1.24 bits per heavy atom. The average molecular weight is 252 g/mol. The number of nitrogens with two attached hydrogens (primary N) is 1. The summed E-state index contributed by atoms with van der Waals surface area (Å²) in [4.78, 5) is 9.61. The predicted octanol–water partition coefficient (Wildman–Crippen LogP) is 2.47. The van der Waals surface area contributed by atoms with Crippen molar-refractivity contribution in [2.24, 2.45) is 11.7 Å². The lowest BCUT2D eigenvalue weighted by atomic mass is 10.1. The number of aromatic nitrogens is 3. The molecular weight excluding hydrogens is 236 g/mol. The Bertz CT molecular complexity index is 517. The summed E-state index contributed by atoms with van der Waals surface area (Å²) in [7, 11) is 0. The van der Waals surface area contributed by atoms with Crippen molar-refractivity contribution >= 4 is 11.3 Å². The van der Waals surface area contributed by atoms with Crippen molar-refractivity contribution in [2.75, 3.05) is 0 Å². The summed E-state index contributed by atoms with van der Waals surface area (Å²) in [6.07, 6.45) is 0. The van der Waals surface area contributed by atoms with Crippen LogP contribution in [0.4, 0.5) is 0 Å². The Hall–Kier alpha value is -1.27. The number of nitrogens with zero attached hydrogens (tertiary/aromatic N) is 3. The maximum atomic E-state index is 5.98. The van der Waals surface area contributed by atoms with Gasteiger partial charge in [-0.3, -0.25) is 0 Å². The zero-order valence-electron chi connectivity index (χ0n) is 10.4. The molecule has 17 heavy (non-hydrogen) atoms. The third kappa shape index (κ3) is 2.37. The molecule has 0 amide bonds. The van der Waals surface area contributed by atoms with Crippen LogP contribution in [-0.4, -0.2) is 15.1 Å². The van der Waals surface area contributed by atoms with E-state index in [1.807, 2.05) is 27.7 Å². The van der Waals surface area contributed by atoms with E-state index in [-0.39, 0.29) is 12.0 Å². The lowest BCUT2D eigenvalue weighted by molar-refractivity contribution is 0.400. The molecule has 0 saturated heterocycles. The van der Waals surface area contributed by atoms with Gasteiger partial charge in [0.1, 0.15) is 4.88 Å². The monoisotopic (exact) mass is 252 g/mol. The highest BCUT2D eigenvalue weighted by Crippen LogP contribution is 2.29. The van der Waals surface area contributed by atoms with E-state index in [1.165, 1.54) is 0 Å². The minimum atomic E-state index is -0.193. The largest absolute Gasteiger partial charge is 0.333 e. The number of rotatable bonds is 3. The van der Waals surface area contributed by atoms with Crippen LogP contribution in [-0.2, 0) is 0 Å². The van der Waals surface area contributed by atoms with Crippen LogP contribution < -0.4 is 5.73 Å². The van der Waals surface area contributed by atoms with Crippen molar-refractivity contribution in [3.05, 3.63) is 16.5 Å².